The number of carbonyl (C=O) groups excluding carboxylic acids is 1. The van der Waals surface area contributed by atoms with Crippen molar-refractivity contribution in [3.63, 3.8) is 0 Å². The highest BCUT2D eigenvalue weighted by Crippen LogP contribution is 2.17. The van der Waals surface area contributed by atoms with E-state index < -0.39 is 22.0 Å². The van der Waals surface area contributed by atoms with Crippen LogP contribution in [0.5, 0.6) is 0 Å². The number of Topliss-reactive ketones (excluding diaryl/α,β-unsaturated/α-hetero) is 1. The topological polar surface area (TPSA) is 91.8 Å². The number of carbonyl (C=O) groups is 2. The highest BCUT2D eigenvalue weighted by molar-refractivity contribution is 7.88. The first-order valence-electron chi connectivity index (χ1n) is 3.53. The third-order valence-corrected chi connectivity index (χ3v) is 3.05. The van der Waals surface area contributed by atoms with Crippen LogP contribution in [0.15, 0.2) is 0 Å². The van der Waals surface area contributed by atoms with Crippen molar-refractivity contribution in [1.82, 2.24) is 4.31 Å². The van der Waals surface area contributed by atoms with E-state index in [2.05, 4.69) is 0 Å². The van der Waals surface area contributed by atoms with Crippen molar-refractivity contribution >= 4 is 21.8 Å². The van der Waals surface area contributed by atoms with E-state index in [0.717, 1.165) is 6.26 Å². The van der Waals surface area contributed by atoms with Gasteiger partial charge in [0, 0.05) is 6.42 Å². The van der Waals surface area contributed by atoms with Gasteiger partial charge in [-0.25, -0.2) is 8.42 Å². The average molecular weight is 207 g/mol. The first kappa shape index (κ1) is 10.1. The van der Waals surface area contributed by atoms with Gasteiger partial charge in [0.25, 0.3) is 0 Å². The fourth-order valence-electron chi connectivity index (χ4n) is 1.22. The molecule has 1 atom stereocenters. The fourth-order valence-corrected chi connectivity index (χ4v) is 2.23. The number of carboxylic acid groups (broad SMARTS) is 1. The number of ketones is 1. The second-order valence-electron chi connectivity index (χ2n) is 2.91. The van der Waals surface area contributed by atoms with Crippen LogP contribution in [0.3, 0.4) is 0 Å². The Balaban J connectivity index is 2.97. The number of rotatable bonds is 2. The van der Waals surface area contributed by atoms with Gasteiger partial charge in [-0.15, -0.1) is 0 Å². The second kappa shape index (κ2) is 3.08. The molecule has 1 rings (SSSR count). The smallest absolute Gasteiger partial charge is 0.322 e. The minimum absolute atomic E-state index is 0.234. The van der Waals surface area contributed by atoms with Gasteiger partial charge in [0.2, 0.25) is 10.0 Å². The Hall–Kier alpha value is -0.950. The zero-order valence-corrected chi connectivity index (χ0v) is 7.74. The maximum absolute atomic E-state index is 11.0. The molecule has 1 fully saturated rings. The predicted molar refractivity (Wildman–Crippen MR) is 42.6 cm³/mol. The molecule has 13 heavy (non-hydrogen) atoms. The molecule has 1 N–H and O–H groups in total. The van der Waals surface area contributed by atoms with Crippen LogP contribution < -0.4 is 0 Å². The maximum atomic E-state index is 11.0. The fraction of sp³-hybridized carbons (Fsp3) is 0.667. The first-order chi connectivity index (χ1) is 5.82. The minimum Gasteiger partial charge on any atom is -0.480 e. The summed E-state index contributed by atoms with van der Waals surface area (Å²) in [5.41, 5.74) is 0. The Morgan fingerprint density at radius 1 is 1.62 bits per heavy atom. The molecular weight excluding hydrogens is 198 g/mol. The Bertz CT molecular complexity index is 346. The van der Waals surface area contributed by atoms with Gasteiger partial charge in [-0.1, -0.05) is 0 Å². The van der Waals surface area contributed by atoms with Gasteiger partial charge in [-0.2, -0.15) is 4.31 Å². The molecule has 0 bridgehead atoms. The van der Waals surface area contributed by atoms with E-state index in [4.69, 9.17) is 5.11 Å². The normalized spacial score (nSPS) is 25.0. The Labute approximate surface area is 75.2 Å². The van der Waals surface area contributed by atoms with Crippen LogP contribution >= 0.6 is 0 Å². The van der Waals surface area contributed by atoms with Crippen molar-refractivity contribution in [2.24, 2.45) is 0 Å². The highest BCUT2D eigenvalue weighted by Gasteiger charge is 2.40. The second-order valence-corrected chi connectivity index (χ2v) is 4.84. The van der Waals surface area contributed by atoms with Gasteiger partial charge in [0.05, 0.1) is 12.8 Å². The summed E-state index contributed by atoms with van der Waals surface area (Å²) in [5.74, 6) is -1.64. The summed E-state index contributed by atoms with van der Waals surface area (Å²) in [5, 5.41) is 8.61. The third kappa shape index (κ3) is 2.04. The molecule has 0 aliphatic carbocycles. The summed E-state index contributed by atoms with van der Waals surface area (Å²) in [6.07, 6.45) is 0.657. The van der Waals surface area contributed by atoms with Gasteiger partial charge in [-0.05, 0) is 0 Å². The molecule has 0 radical (unpaired) electrons. The molecule has 1 aliphatic heterocycles. The minimum atomic E-state index is -3.60. The molecule has 0 spiro atoms. The van der Waals surface area contributed by atoms with Crippen LogP contribution in [-0.4, -0.2) is 48.4 Å². The van der Waals surface area contributed by atoms with E-state index in [1.807, 2.05) is 0 Å². The molecule has 7 heteroatoms. The van der Waals surface area contributed by atoms with E-state index in [1.165, 1.54) is 0 Å². The van der Waals surface area contributed by atoms with Crippen LogP contribution in [0.2, 0.25) is 0 Å². The van der Waals surface area contributed by atoms with E-state index in [1.54, 1.807) is 0 Å². The van der Waals surface area contributed by atoms with Gasteiger partial charge < -0.3 is 5.11 Å². The highest BCUT2D eigenvalue weighted by atomic mass is 32.2. The lowest BCUT2D eigenvalue weighted by Crippen LogP contribution is -2.39. The first-order valence-corrected chi connectivity index (χ1v) is 5.38. The molecule has 6 nitrogen and oxygen atoms in total. The zero-order valence-electron chi connectivity index (χ0n) is 6.93. The summed E-state index contributed by atoms with van der Waals surface area (Å²) in [6, 6.07) is -1.22. The summed E-state index contributed by atoms with van der Waals surface area (Å²) in [4.78, 5) is 21.4. The Kier molecular flexibility index (Phi) is 2.40. The van der Waals surface area contributed by atoms with E-state index in [0.29, 0.717) is 4.31 Å². The molecule has 1 saturated heterocycles. The van der Waals surface area contributed by atoms with Gasteiger partial charge >= 0.3 is 5.97 Å². The molecule has 0 amide bonds. The molecule has 0 aromatic carbocycles. The largest absolute Gasteiger partial charge is 0.480 e. The predicted octanol–water partition coefficient (Wildman–Crippen LogP) is -1.33. The Morgan fingerprint density at radius 3 is 2.46 bits per heavy atom. The summed E-state index contributed by atoms with van der Waals surface area (Å²) in [7, 11) is -3.60. The summed E-state index contributed by atoms with van der Waals surface area (Å²) in [6.45, 7) is -0.324. The standard InChI is InChI=1S/C6H9NO5S/c1-13(11,12)7-3-4(8)2-5(7)6(9)10/h5H,2-3H2,1H3,(H,9,10). The van der Waals surface area contributed by atoms with Crippen molar-refractivity contribution in [3.05, 3.63) is 0 Å². The molecule has 0 aromatic heterocycles. The van der Waals surface area contributed by atoms with Gasteiger partial charge in [0.15, 0.2) is 0 Å². The van der Waals surface area contributed by atoms with Crippen LogP contribution in [-0.2, 0) is 19.6 Å². The quantitative estimate of drug-likeness (QED) is 0.606. The van der Waals surface area contributed by atoms with Gasteiger partial charge in [0.1, 0.15) is 11.8 Å². The summed E-state index contributed by atoms with van der Waals surface area (Å²) < 4.78 is 22.7. The van der Waals surface area contributed by atoms with E-state index in [9.17, 15) is 18.0 Å². The molecular formula is C6H9NO5S. The number of carboxylic acids is 1. The number of hydrogen-bond donors (Lipinski definition) is 1. The lowest BCUT2D eigenvalue weighted by molar-refractivity contribution is -0.141. The van der Waals surface area contributed by atoms with Crippen molar-refractivity contribution in [2.75, 3.05) is 12.8 Å². The zero-order chi connectivity index (χ0) is 10.2. The molecule has 1 aliphatic rings. The SMILES string of the molecule is CS(=O)(=O)N1CC(=O)CC1C(=O)O. The molecule has 74 valence electrons. The van der Waals surface area contributed by atoms with E-state index in [-0.39, 0.29) is 18.7 Å². The molecule has 0 aromatic rings. The van der Waals surface area contributed by atoms with Crippen LogP contribution in [0.25, 0.3) is 0 Å². The van der Waals surface area contributed by atoms with Crippen molar-refractivity contribution in [2.45, 2.75) is 12.5 Å². The van der Waals surface area contributed by atoms with Crippen LogP contribution in [0, 0.1) is 0 Å². The van der Waals surface area contributed by atoms with E-state index >= 15 is 0 Å². The number of aliphatic carboxylic acids is 1. The molecule has 0 saturated carbocycles. The van der Waals surface area contributed by atoms with Crippen LogP contribution in [0.4, 0.5) is 0 Å². The monoisotopic (exact) mass is 207 g/mol. The lowest BCUT2D eigenvalue weighted by Gasteiger charge is -2.16. The van der Waals surface area contributed by atoms with Crippen molar-refractivity contribution < 1.29 is 23.1 Å². The molecule has 1 unspecified atom stereocenters. The number of nitrogens with zero attached hydrogens (tertiary/aromatic N) is 1. The third-order valence-electron chi connectivity index (χ3n) is 1.81. The van der Waals surface area contributed by atoms with Crippen molar-refractivity contribution in [3.8, 4) is 0 Å². The van der Waals surface area contributed by atoms with Crippen LogP contribution in [0.1, 0.15) is 6.42 Å². The Morgan fingerprint density at radius 2 is 2.15 bits per heavy atom. The number of hydrogen-bond acceptors (Lipinski definition) is 4. The average Bonchev–Trinajstić information content (AvgIpc) is 2.29. The number of sulfonamides is 1. The molecule has 1 heterocycles. The maximum Gasteiger partial charge on any atom is 0.322 e. The lowest BCUT2D eigenvalue weighted by atomic mass is 10.2. The van der Waals surface area contributed by atoms with Gasteiger partial charge in [-0.3, -0.25) is 9.59 Å². The van der Waals surface area contributed by atoms with Crippen molar-refractivity contribution in [1.29, 1.82) is 0 Å². The summed E-state index contributed by atoms with van der Waals surface area (Å²) >= 11 is 0.